The van der Waals surface area contributed by atoms with E-state index in [0.717, 1.165) is 11.3 Å². The minimum absolute atomic E-state index is 0.144. The average Bonchev–Trinajstić information content (AvgIpc) is 2.43. The van der Waals surface area contributed by atoms with Crippen molar-refractivity contribution in [1.29, 1.82) is 0 Å². The van der Waals surface area contributed by atoms with Gasteiger partial charge < -0.3 is 24.6 Å². The highest BCUT2D eigenvalue weighted by Gasteiger charge is 2.15. The molecule has 1 aromatic carbocycles. The van der Waals surface area contributed by atoms with Crippen LogP contribution in [-0.4, -0.2) is 62.3 Å². The Hall–Kier alpha value is -1.63. The van der Waals surface area contributed by atoms with E-state index in [1.165, 1.54) is 0 Å². The van der Waals surface area contributed by atoms with E-state index in [9.17, 15) is 9.90 Å². The number of carboxylic acids is 1. The van der Waals surface area contributed by atoms with Gasteiger partial charge in [-0.1, -0.05) is 17.7 Å². The van der Waals surface area contributed by atoms with Crippen LogP contribution in [0.1, 0.15) is 5.56 Å². The predicted molar refractivity (Wildman–Crippen MR) is 79.7 cm³/mol. The molecule has 0 amide bonds. The number of aliphatic hydroxyl groups excluding tert-OH is 1. The molecule has 0 saturated carbocycles. The number of rotatable bonds is 10. The van der Waals surface area contributed by atoms with Gasteiger partial charge in [0.1, 0.15) is 6.54 Å². The molecule has 1 atom stereocenters. The van der Waals surface area contributed by atoms with Gasteiger partial charge in [-0.25, -0.2) is 0 Å². The summed E-state index contributed by atoms with van der Waals surface area (Å²) in [5.41, 5.74) is 1.86. The van der Waals surface area contributed by atoms with Gasteiger partial charge in [0.25, 0.3) is 0 Å². The third-order valence-electron chi connectivity index (χ3n) is 2.90. The molecule has 2 N–H and O–H groups in total. The summed E-state index contributed by atoms with van der Waals surface area (Å²) in [7, 11) is 1.58. The maximum Gasteiger partial charge on any atom is 0.323 e. The van der Waals surface area contributed by atoms with E-state index >= 15 is 0 Å². The van der Waals surface area contributed by atoms with Crippen molar-refractivity contribution in [1.82, 2.24) is 0 Å². The zero-order chi connectivity index (χ0) is 15.7. The second-order valence-corrected chi connectivity index (χ2v) is 4.83. The molecule has 1 rings (SSSR count). The highest BCUT2D eigenvalue weighted by atomic mass is 16.5. The minimum atomic E-state index is -0.942. The largest absolute Gasteiger partial charge is 0.480 e. The maximum atomic E-state index is 11.0. The molecule has 21 heavy (non-hydrogen) atoms. The Kier molecular flexibility index (Phi) is 7.74. The number of aliphatic carboxylic acids is 1. The molecule has 6 nitrogen and oxygen atoms in total. The van der Waals surface area contributed by atoms with E-state index in [2.05, 4.69) is 0 Å². The van der Waals surface area contributed by atoms with Gasteiger partial charge in [0.15, 0.2) is 0 Å². The highest BCUT2D eigenvalue weighted by molar-refractivity contribution is 5.73. The van der Waals surface area contributed by atoms with Crippen LogP contribution in [0, 0.1) is 6.92 Å². The molecule has 0 aliphatic carbocycles. The number of methoxy groups -OCH3 is 1. The number of benzene rings is 1. The van der Waals surface area contributed by atoms with Crippen LogP contribution in [0.4, 0.5) is 5.69 Å². The molecule has 0 bridgehead atoms. The van der Waals surface area contributed by atoms with E-state index in [4.69, 9.17) is 14.6 Å². The second kappa shape index (κ2) is 9.33. The number of carbonyl (C=O) groups is 1. The van der Waals surface area contributed by atoms with Gasteiger partial charge in [-0.3, -0.25) is 4.79 Å². The number of hydrogen-bond acceptors (Lipinski definition) is 5. The predicted octanol–water partition coefficient (Wildman–Crippen LogP) is 0.910. The lowest BCUT2D eigenvalue weighted by Crippen LogP contribution is -2.38. The fraction of sp³-hybridized carbons (Fsp3) is 0.533. The molecular formula is C15H23NO5. The molecular weight excluding hydrogens is 274 g/mol. The van der Waals surface area contributed by atoms with Gasteiger partial charge >= 0.3 is 5.97 Å². The van der Waals surface area contributed by atoms with Gasteiger partial charge in [0.2, 0.25) is 0 Å². The number of hydrogen-bond donors (Lipinski definition) is 2. The molecule has 0 radical (unpaired) electrons. The highest BCUT2D eigenvalue weighted by Crippen LogP contribution is 2.15. The Morgan fingerprint density at radius 3 is 2.52 bits per heavy atom. The lowest BCUT2D eigenvalue weighted by molar-refractivity contribution is -0.135. The van der Waals surface area contributed by atoms with Gasteiger partial charge in [0.05, 0.1) is 25.9 Å². The van der Waals surface area contributed by atoms with Crippen LogP contribution in [0.3, 0.4) is 0 Å². The molecule has 0 aliphatic heterocycles. The first-order chi connectivity index (χ1) is 10.0. The zero-order valence-electron chi connectivity index (χ0n) is 12.5. The number of ether oxygens (including phenoxy) is 2. The summed E-state index contributed by atoms with van der Waals surface area (Å²) < 4.78 is 10.1. The third kappa shape index (κ3) is 7.08. The summed E-state index contributed by atoms with van der Waals surface area (Å²) in [6.07, 6.45) is -0.762. The monoisotopic (exact) mass is 297 g/mol. The van der Waals surface area contributed by atoms with Gasteiger partial charge in [-0.15, -0.1) is 0 Å². The Labute approximate surface area is 124 Å². The first-order valence-electron chi connectivity index (χ1n) is 6.81. The Bertz CT molecular complexity index is 421. The fourth-order valence-electron chi connectivity index (χ4n) is 1.85. The van der Waals surface area contributed by atoms with E-state index in [1.54, 1.807) is 12.0 Å². The van der Waals surface area contributed by atoms with Crippen molar-refractivity contribution in [3.63, 3.8) is 0 Å². The summed E-state index contributed by atoms with van der Waals surface area (Å²) in [6.45, 7) is 3.00. The van der Waals surface area contributed by atoms with Crippen LogP contribution in [0.25, 0.3) is 0 Å². The molecule has 6 heteroatoms. The summed E-state index contributed by atoms with van der Waals surface area (Å²) in [5.74, 6) is -0.942. The maximum absolute atomic E-state index is 11.0. The van der Waals surface area contributed by atoms with Crippen molar-refractivity contribution >= 4 is 11.7 Å². The first kappa shape index (κ1) is 17.4. The number of nitrogens with zero attached hydrogens (tertiary/aromatic N) is 1. The van der Waals surface area contributed by atoms with E-state index in [-0.39, 0.29) is 19.7 Å². The minimum Gasteiger partial charge on any atom is -0.480 e. The zero-order valence-corrected chi connectivity index (χ0v) is 12.5. The fourth-order valence-corrected chi connectivity index (χ4v) is 1.85. The van der Waals surface area contributed by atoms with Crippen LogP contribution < -0.4 is 4.90 Å². The van der Waals surface area contributed by atoms with Crippen LogP contribution in [0.2, 0.25) is 0 Å². The molecule has 0 spiro atoms. The van der Waals surface area contributed by atoms with Gasteiger partial charge in [-0.05, 0) is 19.1 Å². The standard InChI is InChI=1S/C15H23NO5/c1-12-3-5-13(6-4-12)16(10-15(18)19)9-14(17)11-21-8-7-20-2/h3-6,14,17H,7-11H2,1-2H3,(H,18,19). The summed E-state index contributed by atoms with van der Waals surface area (Å²) >= 11 is 0. The molecule has 0 fully saturated rings. The lowest BCUT2D eigenvalue weighted by Gasteiger charge is -2.25. The van der Waals surface area contributed by atoms with Crippen molar-refractivity contribution in [2.75, 3.05) is 44.9 Å². The summed E-state index contributed by atoms with van der Waals surface area (Å²) in [4.78, 5) is 12.6. The smallest absolute Gasteiger partial charge is 0.323 e. The normalized spacial score (nSPS) is 12.1. The third-order valence-corrected chi connectivity index (χ3v) is 2.90. The van der Waals surface area contributed by atoms with Crippen molar-refractivity contribution in [3.05, 3.63) is 29.8 Å². The van der Waals surface area contributed by atoms with E-state index in [1.807, 2.05) is 31.2 Å². The summed E-state index contributed by atoms with van der Waals surface area (Å²) in [6, 6.07) is 7.50. The Balaban J connectivity index is 2.57. The number of aryl methyl sites for hydroxylation is 1. The number of anilines is 1. The quantitative estimate of drug-likeness (QED) is 0.625. The topological polar surface area (TPSA) is 79.2 Å². The molecule has 0 aliphatic rings. The van der Waals surface area contributed by atoms with Crippen LogP contribution in [-0.2, 0) is 14.3 Å². The van der Waals surface area contributed by atoms with E-state index in [0.29, 0.717) is 13.2 Å². The number of carboxylic acid groups (broad SMARTS) is 1. The molecule has 118 valence electrons. The molecule has 0 saturated heterocycles. The van der Waals surface area contributed by atoms with Crippen LogP contribution >= 0.6 is 0 Å². The second-order valence-electron chi connectivity index (χ2n) is 4.83. The molecule has 0 heterocycles. The molecule has 0 aromatic heterocycles. The lowest BCUT2D eigenvalue weighted by atomic mass is 10.2. The summed E-state index contributed by atoms with van der Waals surface area (Å²) in [5, 5.41) is 18.9. The van der Waals surface area contributed by atoms with Crippen LogP contribution in [0.15, 0.2) is 24.3 Å². The van der Waals surface area contributed by atoms with E-state index < -0.39 is 12.1 Å². The Morgan fingerprint density at radius 1 is 1.29 bits per heavy atom. The average molecular weight is 297 g/mol. The first-order valence-corrected chi connectivity index (χ1v) is 6.81. The van der Waals surface area contributed by atoms with Gasteiger partial charge in [-0.2, -0.15) is 0 Å². The van der Waals surface area contributed by atoms with Gasteiger partial charge in [0, 0.05) is 19.3 Å². The van der Waals surface area contributed by atoms with Crippen molar-refractivity contribution in [2.45, 2.75) is 13.0 Å². The van der Waals surface area contributed by atoms with Crippen LogP contribution in [0.5, 0.6) is 0 Å². The van der Waals surface area contributed by atoms with Crippen molar-refractivity contribution in [2.24, 2.45) is 0 Å². The number of aliphatic hydroxyl groups is 1. The molecule has 1 aromatic rings. The van der Waals surface area contributed by atoms with Crippen molar-refractivity contribution in [3.8, 4) is 0 Å². The SMILES string of the molecule is COCCOCC(O)CN(CC(=O)O)c1ccc(C)cc1. The van der Waals surface area contributed by atoms with Crippen molar-refractivity contribution < 1.29 is 24.5 Å². The molecule has 1 unspecified atom stereocenters. The Morgan fingerprint density at radius 2 is 1.95 bits per heavy atom.